The maximum absolute atomic E-state index is 11.8. The molecule has 1 amide bonds. The van der Waals surface area contributed by atoms with Gasteiger partial charge in [0.25, 0.3) is 0 Å². The second-order valence-corrected chi connectivity index (χ2v) is 4.70. The number of hydrogen-bond acceptors (Lipinski definition) is 2. The fourth-order valence-electron chi connectivity index (χ4n) is 1.38. The minimum absolute atomic E-state index is 0.0109. The molecule has 88 valence electrons. The van der Waals surface area contributed by atoms with Crippen molar-refractivity contribution in [1.29, 1.82) is 0 Å². The van der Waals surface area contributed by atoms with Crippen molar-refractivity contribution in [2.45, 2.75) is 20.3 Å². The van der Waals surface area contributed by atoms with Crippen LogP contribution in [0.2, 0.25) is 0 Å². The third-order valence-electron chi connectivity index (χ3n) is 2.50. The van der Waals surface area contributed by atoms with Gasteiger partial charge in [0.2, 0.25) is 5.91 Å². The number of carbonyl (C=O) groups excluding carboxylic acids is 1. The molecule has 16 heavy (non-hydrogen) atoms. The van der Waals surface area contributed by atoms with Gasteiger partial charge in [-0.15, -0.1) is 0 Å². The average Bonchev–Trinajstić information content (AvgIpc) is 2.25. The van der Waals surface area contributed by atoms with E-state index in [1.807, 2.05) is 32.0 Å². The van der Waals surface area contributed by atoms with Crippen LogP contribution in [0.3, 0.4) is 0 Å². The Morgan fingerprint density at radius 3 is 2.88 bits per heavy atom. The number of hydrogen-bond donors (Lipinski definition) is 2. The van der Waals surface area contributed by atoms with E-state index in [1.54, 1.807) is 0 Å². The summed E-state index contributed by atoms with van der Waals surface area (Å²) < 4.78 is 0.934. The summed E-state index contributed by atoms with van der Waals surface area (Å²) in [5.41, 5.74) is 7.34. The summed E-state index contributed by atoms with van der Waals surface area (Å²) in [6.07, 6.45) is 0.704. The molecule has 0 spiro atoms. The Hall–Kier alpha value is -0.870. The summed E-state index contributed by atoms with van der Waals surface area (Å²) in [6, 6.07) is 5.79. The van der Waals surface area contributed by atoms with E-state index in [1.165, 1.54) is 0 Å². The van der Waals surface area contributed by atoms with Crippen molar-refractivity contribution in [3.63, 3.8) is 0 Å². The number of benzene rings is 1. The SMILES string of the molecule is Cc1cccc(NC(=O)C(C)CCN)c1Br. The molecule has 0 bridgehead atoms. The zero-order valence-corrected chi connectivity index (χ0v) is 11.2. The van der Waals surface area contributed by atoms with Crippen molar-refractivity contribution >= 4 is 27.5 Å². The highest BCUT2D eigenvalue weighted by molar-refractivity contribution is 9.10. The maximum atomic E-state index is 11.8. The van der Waals surface area contributed by atoms with Crippen molar-refractivity contribution in [2.75, 3.05) is 11.9 Å². The number of carbonyl (C=O) groups is 1. The van der Waals surface area contributed by atoms with E-state index in [9.17, 15) is 4.79 Å². The van der Waals surface area contributed by atoms with Gasteiger partial charge in [0.15, 0.2) is 0 Å². The monoisotopic (exact) mass is 284 g/mol. The van der Waals surface area contributed by atoms with E-state index in [0.29, 0.717) is 13.0 Å². The van der Waals surface area contributed by atoms with Crippen LogP contribution in [-0.4, -0.2) is 12.5 Å². The summed E-state index contributed by atoms with van der Waals surface area (Å²) in [7, 11) is 0. The molecule has 1 atom stereocenters. The van der Waals surface area contributed by atoms with Crippen LogP contribution >= 0.6 is 15.9 Å². The van der Waals surface area contributed by atoms with Gasteiger partial charge in [-0.05, 0) is 47.4 Å². The van der Waals surface area contributed by atoms with Gasteiger partial charge in [-0.3, -0.25) is 4.79 Å². The Morgan fingerprint density at radius 1 is 1.56 bits per heavy atom. The van der Waals surface area contributed by atoms with Crippen LogP contribution in [0.4, 0.5) is 5.69 Å². The van der Waals surface area contributed by atoms with Crippen molar-refractivity contribution in [2.24, 2.45) is 11.7 Å². The lowest BCUT2D eigenvalue weighted by atomic mass is 10.1. The Bertz CT molecular complexity index is 379. The van der Waals surface area contributed by atoms with E-state index < -0.39 is 0 Å². The minimum Gasteiger partial charge on any atom is -0.330 e. The van der Waals surface area contributed by atoms with Crippen LogP contribution in [0.5, 0.6) is 0 Å². The van der Waals surface area contributed by atoms with Crippen LogP contribution in [0.15, 0.2) is 22.7 Å². The molecule has 0 radical (unpaired) electrons. The van der Waals surface area contributed by atoms with Gasteiger partial charge >= 0.3 is 0 Å². The Morgan fingerprint density at radius 2 is 2.25 bits per heavy atom. The molecule has 0 saturated heterocycles. The summed E-state index contributed by atoms with van der Waals surface area (Å²) in [6.45, 7) is 4.40. The van der Waals surface area contributed by atoms with Crippen LogP contribution in [0.1, 0.15) is 18.9 Å². The van der Waals surface area contributed by atoms with Gasteiger partial charge in [0.1, 0.15) is 0 Å². The molecule has 0 aliphatic heterocycles. The molecule has 3 N–H and O–H groups in total. The van der Waals surface area contributed by atoms with E-state index >= 15 is 0 Å². The highest BCUT2D eigenvalue weighted by Crippen LogP contribution is 2.26. The van der Waals surface area contributed by atoms with E-state index in [4.69, 9.17) is 5.73 Å². The molecule has 0 aromatic heterocycles. The fraction of sp³-hybridized carbons (Fsp3) is 0.417. The summed E-state index contributed by atoms with van der Waals surface area (Å²) in [5.74, 6) is -0.0471. The lowest BCUT2D eigenvalue weighted by Gasteiger charge is -2.13. The summed E-state index contributed by atoms with van der Waals surface area (Å²) in [4.78, 5) is 11.8. The third-order valence-corrected chi connectivity index (χ3v) is 3.55. The fourth-order valence-corrected chi connectivity index (χ4v) is 1.74. The van der Waals surface area contributed by atoms with Gasteiger partial charge < -0.3 is 11.1 Å². The second-order valence-electron chi connectivity index (χ2n) is 3.90. The van der Waals surface area contributed by atoms with Crippen LogP contribution in [0.25, 0.3) is 0 Å². The van der Waals surface area contributed by atoms with Crippen molar-refractivity contribution in [1.82, 2.24) is 0 Å². The smallest absolute Gasteiger partial charge is 0.227 e. The first-order valence-corrected chi connectivity index (χ1v) is 6.11. The molecule has 0 saturated carbocycles. The Labute approximate surface area is 105 Å². The van der Waals surface area contributed by atoms with Crippen molar-refractivity contribution in [3.8, 4) is 0 Å². The second kappa shape index (κ2) is 6.01. The van der Waals surface area contributed by atoms with E-state index in [0.717, 1.165) is 15.7 Å². The van der Waals surface area contributed by atoms with Gasteiger partial charge in [0.05, 0.1) is 5.69 Å². The topological polar surface area (TPSA) is 55.1 Å². The van der Waals surface area contributed by atoms with Crippen LogP contribution in [-0.2, 0) is 4.79 Å². The van der Waals surface area contributed by atoms with Gasteiger partial charge in [-0.2, -0.15) is 0 Å². The van der Waals surface area contributed by atoms with E-state index in [2.05, 4.69) is 21.2 Å². The van der Waals surface area contributed by atoms with Crippen LogP contribution < -0.4 is 11.1 Å². The van der Waals surface area contributed by atoms with Crippen molar-refractivity contribution < 1.29 is 4.79 Å². The molecule has 4 heteroatoms. The molecular weight excluding hydrogens is 268 g/mol. The normalized spacial score (nSPS) is 12.2. The lowest BCUT2D eigenvalue weighted by molar-refractivity contribution is -0.119. The zero-order valence-electron chi connectivity index (χ0n) is 9.59. The number of amides is 1. The summed E-state index contributed by atoms with van der Waals surface area (Å²) in [5, 5.41) is 2.89. The standard InChI is InChI=1S/C12H17BrN2O/c1-8-4-3-5-10(11(8)13)15-12(16)9(2)6-7-14/h3-5,9H,6-7,14H2,1-2H3,(H,15,16). The predicted octanol–water partition coefficient (Wildman–Crippen LogP) is 2.68. The highest BCUT2D eigenvalue weighted by Gasteiger charge is 2.13. The molecule has 0 aliphatic carbocycles. The molecule has 3 nitrogen and oxygen atoms in total. The Kier molecular flexibility index (Phi) is 4.96. The maximum Gasteiger partial charge on any atom is 0.227 e. The average molecular weight is 285 g/mol. The number of aryl methyl sites for hydroxylation is 1. The first-order valence-electron chi connectivity index (χ1n) is 5.32. The largest absolute Gasteiger partial charge is 0.330 e. The summed E-state index contributed by atoms with van der Waals surface area (Å²) >= 11 is 3.46. The van der Waals surface area contributed by atoms with E-state index in [-0.39, 0.29) is 11.8 Å². The molecule has 0 aliphatic rings. The minimum atomic E-state index is -0.0580. The lowest BCUT2D eigenvalue weighted by Crippen LogP contribution is -2.22. The number of rotatable bonds is 4. The molecule has 1 rings (SSSR count). The number of anilines is 1. The zero-order chi connectivity index (χ0) is 12.1. The number of nitrogens with one attached hydrogen (secondary N) is 1. The van der Waals surface area contributed by atoms with Crippen LogP contribution in [0, 0.1) is 12.8 Å². The highest BCUT2D eigenvalue weighted by atomic mass is 79.9. The quantitative estimate of drug-likeness (QED) is 0.893. The van der Waals surface area contributed by atoms with Gasteiger partial charge in [-0.1, -0.05) is 19.1 Å². The predicted molar refractivity (Wildman–Crippen MR) is 70.3 cm³/mol. The molecule has 0 heterocycles. The molecule has 0 fully saturated rings. The van der Waals surface area contributed by atoms with Crippen molar-refractivity contribution in [3.05, 3.63) is 28.2 Å². The first kappa shape index (κ1) is 13.2. The molecule has 1 aromatic rings. The third kappa shape index (κ3) is 3.32. The van der Waals surface area contributed by atoms with Gasteiger partial charge in [0, 0.05) is 10.4 Å². The molecule has 1 unspecified atom stereocenters. The number of halogens is 1. The molecule has 1 aromatic carbocycles. The molecular formula is C12H17BrN2O. The van der Waals surface area contributed by atoms with Gasteiger partial charge in [-0.25, -0.2) is 0 Å². The Balaban J connectivity index is 2.73. The first-order chi connectivity index (χ1) is 7.56. The number of nitrogens with two attached hydrogens (primary N) is 1.